The fourth-order valence-electron chi connectivity index (χ4n) is 4.44. The fourth-order valence-corrected chi connectivity index (χ4v) is 4.44. The lowest BCUT2D eigenvalue weighted by molar-refractivity contribution is -0.0927. The molecule has 2 atom stereocenters. The zero-order chi connectivity index (χ0) is 25.4. The van der Waals surface area contributed by atoms with E-state index in [9.17, 15) is 23.4 Å². The van der Waals surface area contributed by atoms with Gasteiger partial charge in [-0.15, -0.1) is 0 Å². The van der Waals surface area contributed by atoms with Crippen LogP contribution in [0.2, 0.25) is 0 Å². The summed E-state index contributed by atoms with van der Waals surface area (Å²) in [6, 6.07) is 5.34. The standard InChI is InChI=1S/C22H24F5N5O3/c23-16-2-1-14(7-13(16)8-28)29-20(33)31-6-3-17-15(9-31)19-22(26,27)5-4-21(34,11-32(19)30-17)12-35-10-18(24)25/h1-2,7,18,20,29,33-34H,3-6,9-12H2/t20?,21-/m1/s1. The van der Waals surface area contributed by atoms with Crippen LogP contribution in [0.15, 0.2) is 18.2 Å². The molecule has 2 aromatic rings. The minimum atomic E-state index is -3.35. The fraction of sp³-hybridized carbons (Fsp3) is 0.545. The summed E-state index contributed by atoms with van der Waals surface area (Å²) >= 11 is 0. The maximum atomic E-state index is 15.2. The minimum Gasteiger partial charge on any atom is -0.386 e. The van der Waals surface area contributed by atoms with Crippen molar-refractivity contribution >= 4 is 5.69 Å². The van der Waals surface area contributed by atoms with Gasteiger partial charge in [0.25, 0.3) is 12.3 Å². The third kappa shape index (κ3) is 5.40. The molecule has 1 aromatic heterocycles. The Labute approximate surface area is 197 Å². The predicted molar refractivity (Wildman–Crippen MR) is 112 cm³/mol. The van der Waals surface area contributed by atoms with Crippen LogP contribution in [0.3, 0.4) is 0 Å². The predicted octanol–water partition coefficient (Wildman–Crippen LogP) is 2.54. The van der Waals surface area contributed by atoms with Gasteiger partial charge in [-0.05, 0) is 24.6 Å². The number of alkyl halides is 4. The third-order valence-electron chi connectivity index (χ3n) is 6.17. The Balaban J connectivity index is 1.53. The molecule has 4 rings (SSSR count). The van der Waals surface area contributed by atoms with E-state index in [-0.39, 0.29) is 55.0 Å². The molecule has 0 amide bonds. The van der Waals surface area contributed by atoms with E-state index in [1.807, 2.05) is 0 Å². The second kappa shape index (κ2) is 9.69. The highest BCUT2D eigenvalue weighted by Gasteiger charge is 2.47. The van der Waals surface area contributed by atoms with Crippen LogP contribution in [-0.2, 0) is 30.2 Å². The highest BCUT2D eigenvalue weighted by atomic mass is 19.3. The lowest BCUT2D eigenvalue weighted by Gasteiger charge is -2.32. The van der Waals surface area contributed by atoms with E-state index in [1.165, 1.54) is 17.0 Å². The van der Waals surface area contributed by atoms with Gasteiger partial charge >= 0.3 is 0 Å². The summed E-state index contributed by atoms with van der Waals surface area (Å²) in [5, 5.41) is 37.4. The Kier molecular flexibility index (Phi) is 7.01. The van der Waals surface area contributed by atoms with Gasteiger partial charge in [0, 0.05) is 37.2 Å². The Morgan fingerprint density at radius 3 is 2.77 bits per heavy atom. The number of benzene rings is 1. The van der Waals surface area contributed by atoms with Crippen molar-refractivity contribution in [1.82, 2.24) is 14.7 Å². The van der Waals surface area contributed by atoms with Crippen LogP contribution in [0.1, 0.15) is 35.4 Å². The van der Waals surface area contributed by atoms with Gasteiger partial charge in [0.15, 0.2) is 6.35 Å². The van der Waals surface area contributed by atoms with E-state index >= 15 is 8.78 Å². The van der Waals surface area contributed by atoms with E-state index < -0.39 is 49.8 Å². The molecule has 0 saturated carbocycles. The molecule has 35 heavy (non-hydrogen) atoms. The van der Waals surface area contributed by atoms with Crippen LogP contribution < -0.4 is 5.32 Å². The van der Waals surface area contributed by atoms with Crippen LogP contribution in [0.25, 0.3) is 0 Å². The van der Waals surface area contributed by atoms with Crippen molar-refractivity contribution in [3.63, 3.8) is 0 Å². The van der Waals surface area contributed by atoms with Crippen LogP contribution in [0.5, 0.6) is 0 Å². The molecule has 0 radical (unpaired) electrons. The number of aromatic nitrogens is 2. The number of rotatable bonds is 7. The van der Waals surface area contributed by atoms with Crippen molar-refractivity contribution in [2.75, 3.05) is 25.1 Å². The molecule has 2 aliphatic rings. The number of hydrogen-bond donors (Lipinski definition) is 3. The van der Waals surface area contributed by atoms with E-state index in [0.29, 0.717) is 5.69 Å². The van der Waals surface area contributed by atoms with Crippen LogP contribution in [-0.4, -0.2) is 63.0 Å². The van der Waals surface area contributed by atoms with E-state index in [1.54, 1.807) is 6.07 Å². The number of halogens is 5. The van der Waals surface area contributed by atoms with Gasteiger partial charge in [-0.25, -0.2) is 13.2 Å². The number of fused-ring (bicyclic) bond motifs is 3. The number of aliphatic hydroxyl groups excluding tert-OH is 1. The third-order valence-corrected chi connectivity index (χ3v) is 6.17. The summed E-state index contributed by atoms with van der Waals surface area (Å²) in [5.74, 6) is -4.06. The number of nitrogens with one attached hydrogen (secondary N) is 1. The summed E-state index contributed by atoms with van der Waals surface area (Å²) in [4.78, 5) is 1.49. The van der Waals surface area contributed by atoms with Crippen molar-refractivity contribution in [3.8, 4) is 6.07 Å². The highest BCUT2D eigenvalue weighted by molar-refractivity contribution is 5.50. The zero-order valence-corrected chi connectivity index (χ0v) is 18.5. The number of nitriles is 1. The first kappa shape index (κ1) is 25.3. The average Bonchev–Trinajstić information content (AvgIpc) is 3.11. The normalized spacial score (nSPS) is 22.7. The molecule has 0 spiro atoms. The second-order valence-corrected chi connectivity index (χ2v) is 8.81. The van der Waals surface area contributed by atoms with Crippen LogP contribution in [0, 0.1) is 17.1 Å². The summed E-state index contributed by atoms with van der Waals surface area (Å²) in [6.07, 6.45) is -4.94. The number of ether oxygens (including phenoxy) is 1. The maximum Gasteiger partial charge on any atom is 0.289 e. The Morgan fingerprint density at radius 1 is 1.29 bits per heavy atom. The van der Waals surface area contributed by atoms with Crippen LogP contribution >= 0.6 is 0 Å². The van der Waals surface area contributed by atoms with E-state index in [2.05, 4.69) is 10.4 Å². The van der Waals surface area contributed by atoms with Gasteiger partial charge in [-0.3, -0.25) is 9.58 Å². The molecule has 3 heterocycles. The lowest BCUT2D eigenvalue weighted by atomic mass is 9.95. The summed E-state index contributed by atoms with van der Waals surface area (Å²) in [6.45, 7) is -1.61. The van der Waals surface area contributed by atoms with E-state index in [4.69, 9.17) is 10.00 Å². The Bertz CT molecular complexity index is 1120. The number of nitrogens with zero attached hydrogens (tertiary/aromatic N) is 4. The molecular weight excluding hydrogens is 477 g/mol. The number of anilines is 1. The Hall–Kier alpha value is -2.79. The van der Waals surface area contributed by atoms with Crippen molar-refractivity contribution in [1.29, 1.82) is 5.26 Å². The average molecular weight is 501 g/mol. The van der Waals surface area contributed by atoms with Gasteiger partial charge in [0.1, 0.15) is 29.8 Å². The monoisotopic (exact) mass is 501 g/mol. The molecule has 1 unspecified atom stereocenters. The smallest absolute Gasteiger partial charge is 0.289 e. The minimum absolute atomic E-state index is 0.0823. The van der Waals surface area contributed by atoms with Gasteiger partial charge in [0.05, 0.1) is 24.4 Å². The van der Waals surface area contributed by atoms with Gasteiger partial charge in [-0.1, -0.05) is 0 Å². The molecule has 3 N–H and O–H groups in total. The first-order valence-corrected chi connectivity index (χ1v) is 10.9. The topological polar surface area (TPSA) is 107 Å². The SMILES string of the molecule is N#Cc1cc(NC(O)N2CCc3nn4c(c3C2)C(F)(F)CC[C@](O)(COCC(F)F)C4)ccc1F. The van der Waals surface area contributed by atoms with Gasteiger partial charge < -0.3 is 20.3 Å². The van der Waals surface area contributed by atoms with Crippen LogP contribution in [0.4, 0.5) is 27.6 Å². The highest BCUT2D eigenvalue weighted by Crippen LogP contribution is 2.42. The lowest BCUT2D eigenvalue weighted by Crippen LogP contribution is -2.44. The molecular formula is C22H24F5N5O3. The Morgan fingerprint density at radius 2 is 2.06 bits per heavy atom. The number of aliphatic hydroxyl groups is 2. The van der Waals surface area contributed by atoms with Gasteiger partial charge in [0.2, 0.25) is 0 Å². The molecule has 8 nitrogen and oxygen atoms in total. The molecule has 0 saturated heterocycles. The molecule has 190 valence electrons. The van der Waals surface area contributed by atoms with E-state index in [0.717, 1.165) is 10.7 Å². The first-order chi connectivity index (χ1) is 16.5. The molecule has 0 aliphatic carbocycles. The largest absolute Gasteiger partial charge is 0.386 e. The summed E-state index contributed by atoms with van der Waals surface area (Å²) < 4.78 is 74.5. The van der Waals surface area contributed by atoms with Crippen molar-refractivity contribution < 1.29 is 36.9 Å². The van der Waals surface area contributed by atoms with Crippen molar-refractivity contribution in [3.05, 3.63) is 46.5 Å². The van der Waals surface area contributed by atoms with Crippen molar-refractivity contribution in [2.45, 2.75) is 56.7 Å². The molecule has 0 bridgehead atoms. The quantitative estimate of drug-likeness (QED) is 0.396. The second-order valence-electron chi connectivity index (χ2n) is 8.81. The number of hydrogen-bond acceptors (Lipinski definition) is 7. The molecule has 2 aliphatic heterocycles. The summed E-state index contributed by atoms with van der Waals surface area (Å²) in [7, 11) is 0. The van der Waals surface area contributed by atoms with Gasteiger partial charge in [-0.2, -0.15) is 19.1 Å². The van der Waals surface area contributed by atoms with Crippen molar-refractivity contribution in [2.24, 2.45) is 0 Å². The summed E-state index contributed by atoms with van der Waals surface area (Å²) in [5.41, 5.74) is -1.50. The maximum absolute atomic E-state index is 15.2. The molecule has 1 aromatic carbocycles. The zero-order valence-electron chi connectivity index (χ0n) is 18.5. The molecule has 13 heteroatoms. The molecule has 0 fully saturated rings. The first-order valence-electron chi connectivity index (χ1n) is 10.9.